The van der Waals surface area contributed by atoms with Crippen LogP contribution in [-0.2, 0) is 14.3 Å². The van der Waals surface area contributed by atoms with Crippen molar-refractivity contribution in [2.24, 2.45) is 5.73 Å². The van der Waals surface area contributed by atoms with Crippen LogP contribution in [-0.4, -0.2) is 55.0 Å². The molecule has 28 heavy (non-hydrogen) atoms. The second kappa shape index (κ2) is 9.19. The number of carbonyl (C=O) groups excluding carboxylic acids is 2. The van der Waals surface area contributed by atoms with E-state index in [1.807, 2.05) is 42.5 Å². The van der Waals surface area contributed by atoms with Crippen molar-refractivity contribution >= 4 is 23.5 Å². The number of methoxy groups -OCH3 is 1. The van der Waals surface area contributed by atoms with Crippen LogP contribution in [0.3, 0.4) is 0 Å². The number of primary amides is 1. The molecular formula is C21H24ClN3O3. The van der Waals surface area contributed by atoms with Crippen molar-refractivity contribution in [2.45, 2.75) is 12.1 Å². The van der Waals surface area contributed by atoms with Crippen LogP contribution in [0.1, 0.15) is 23.2 Å². The molecule has 1 saturated heterocycles. The molecule has 2 N–H and O–H groups in total. The van der Waals surface area contributed by atoms with Gasteiger partial charge in [-0.15, -0.1) is 0 Å². The summed E-state index contributed by atoms with van der Waals surface area (Å²) >= 11 is 5.98. The summed E-state index contributed by atoms with van der Waals surface area (Å²) in [6.45, 7) is 2.45. The normalized spacial score (nSPS) is 17.6. The van der Waals surface area contributed by atoms with Crippen molar-refractivity contribution < 1.29 is 14.3 Å². The smallest absolute Gasteiger partial charge is 0.327 e. The van der Waals surface area contributed by atoms with Crippen LogP contribution in [0, 0.1) is 0 Å². The molecule has 2 aromatic rings. The third kappa shape index (κ3) is 4.52. The van der Waals surface area contributed by atoms with Gasteiger partial charge >= 0.3 is 5.97 Å². The van der Waals surface area contributed by atoms with Gasteiger partial charge in [0.2, 0.25) is 5.91 Å². The van der Waals surface area contributed by atoms with Gasteiger partial charge < -0.3 is 10.5 Å². The number of hydrogen-bond acceptors (Lipinski definition) is 5. The molecule has 0 saturated carbocycles. The van der Waals surface area contributed by atoms with Crippen molar-refractivity contribution in [3.05, 3.63) is 70.7 Å². The highest BCUT2D eigenvalue weighted by molar-refractivity contribution is 6.30. The summed E-state index contributed by atoms with van der Waals surface area (Å²) in [5, 5.41) is 0.615. The maximum Gasteiger partial charge on any atom is 0.327 e. The molecule has 148 valence electrons. The Balaban J connectivity index is 1.75. The molecule has 0 aromatic heterocycles. The van der Waals surface area contributed by atoms with Crippen molar-refractivity contribution in [1.29, 1.82) is 0 Å². The lowest BCUT2D eigenvalue weighted by molar-refractivity contribution is -0.148. The molecule has 2 atom stereocenters. The number of ether oxygens (including phenoxy) is 1. The molecular weight excluding hydrogens is 378 g/mol. The number of piperazine rings is 1. The fourth-order valence-electron chi connectivity index (χ4n) is 3.70. The number of esters is 1. The number of carbonyl (C=O) groups is 2. The molecule has 0 radical (unpaired) electrons. The van der Waals surface area contributed by atoms with E-state index < -0.39 is 12.1 Å². The Morgan fingerprint density at radius 1 is 0.893 bits per heavy atom. The van der Waals surface area contributed by atoms with Crippen LogP contribution in [0.4, 0.5) is 0 Å². The van der Waals surface area contributed by atoms with Gasteiger partial charge in [0.15, 0.2) is 0 Å². The lowest BCUT2D eigenvalue weighted by atomic mass is 10.0. The fourth-order valence-corrected chi connectivity index (χ4v) is 3.82. The molecule has 3 rings (SSSR count). The molecule has 1 aliphatic rings. The lowest BCUT2D eigenvalue weighted by Crippen LogP contribution is -2.52. The molecule has 2 aromatic carbocycles. The third-order valence-corrected chi connectivity index (χ3v) is 5.33. The van der Waals surface area contributed by atoms with Gasteiger partial charge in [0, 0.05) is 31.2 Å². The third-order valence-electron chi connectivity index (χ3n) is 5.07. The number of nitrogens with two attached hydrogens (primary N) is 1. The van der Waals surface area contributed by atoms with Gasteiger partial charge in [0.05, 0.1) is 7.11 Å². The predicted octanol–water partition coefficient (Wildman–Crippen LogP) is 2.40. The molecule has 1 heterocycles. The highest BCUT2D eigenvalue weighted by atomic mass is 35.5. The largest absolute Gasteiger partial charge is 0.468 e. The number of benzene rings is 2. The van der Waals surface area contributed by atoms with E-state index in [4.69, 9.17) is 22.1 Å². The van der Waals surface area contributed by atoms with E-state index >= 15 is 0 Å². The van der Waals surface area contributed by atoms with Gasteiger partial charge in [-0.25, -0.2) is 4.79 Å². The van der Waals surface area contributed by atoms with Gasteiger partial charge in [-0.05, 0) is 23.3 Å². The molecule has 6 nitrogen and oxygen atoms in total. The summed E-state index contributed by atoms with van der Waals surface area (Å²) in [6.07, 6.45) is 0. The van der Waals surface area contributed by atoms with Crippen LogP contribution < -0.4 is 5.73 Å². The van der Waals surface area contributed by atoms with E-state index in [9.17, 15) is 9.59 Å². The number of nitrogens with zero attached hydrogens (tertiary/aromatic N) is 2. The van der Waals surface area contributed by atoms with Gasteiger partial charge in [-0.1, -0.05) is 54.1 Å². The molecule has 0 aliphatic carbocycles. The first-order valence-electron chi connectivity index (χ1n) is 9.17. The Morgan fingerprint density at radius 2 is 1.39 bits per heavy atom. The molecule has 0 unspecified atom stereocenters. The van der Waals surface area contributed by atoms with Crippen molar-refractivity contribution in [2.75, 3.05) is 33.3 Å². The van der Waals surface area contributed by atoms with E-state index in [0.29, 0.717) is 31.2 Å². The van der Waals surface area contributed by atoms with E-state index in [2.05, 4.69) is 9.80 Å². The Hall–Kier alpha value is -2.41. The summed E-state index contributed by atoms with van der Waals surface area (Å²) in [7, 11) is 1.39. The first-order valence-corrected chi connectivity index (χ1v) is 9.54. The number of halogens is 1. The van der Waals surface area contributed by atoms with Gasteiger partial charge in [-0.3, -0.25) is 14.6 Å². The predicted molar refractivity (Wildman–Crippen MR) is 108 cm³/mol. The van der Waals surface area contributed by atoms with E-state index in [1.54, 1.807) is 12.1 Å². The Bertz CT molecular complexity index is 805. The van der Waals surface area contributed by atoms with Crippen molar-refractivity contribution in [3.63, 3.8) is 0 Å². The Morgan fingerprint density at radius 3 is 1.89 bits per heavy atom. The van der Waals surface area contributed by atoms with E-state index in [0.717, 1.165) is 11.1 Å². The number of amides is 1. The molecule has 7 heteroatoms. The minimum Gasteiger partial charge on any atom is -0.468 e. The van der Waals surface area contributed by atoms with Crippen LogP contribution in [0.5, 0.6) is 0 Å². The summed E-state index contributed by atoms with van der Waals surface area (Å²) in [5.41, 5.74) is 7.40. The standard InChI is InChI=1S/C21H24ClN3O3/c1-28-21(27)19(16-7-9-17(22)10-8-16)25-13-11-24(12-14-25)18(20(23)26)15-5-3-2-4-6-15/h2-10,18-19H,11-14H2,1H3,(H2,23,26)/t18-,19+/m1/s1. The second-order valence-corrected chi connectivity index (χ2v) is 7.20. The average molecular weight is 402 g/mol. The minimum absolute atomic E-state index is 0.315. The summed E-state index contributed by atoms with van der Waals surface area (Å²) < 4.78 is 5.03. The van der Waals surface area contributed by atoms with Gasteiger partial charge in [0.1, 0.15) is 12.1 Å². The van der Waals surface area contributed by atoms with Crippen LogP contribution in [0.15, 0.2) is 54.6 Å². The number of hydrogen-bond donors (Lipinski definition) is 1. The maximum absolute atomic E-state index is 12.5. The van der Waals surface area contributed by atoms with Crippen LogP contribution in [0.25, 0.3) is 0 Å². The van der Waals surface area contributed by atoms with Gasteiger partial charge in [0.25, 0.3) is 0 Å². The maximum atomic E-state index is 12.5. The quantitative estimate of drug-likeness (QED) is 0.752. The SMILES string of the molecule is COC(=O)[C@H](c1ccc(Cl)cc1)N1CCN([C@@H](C(N)=O)c2ccccc2)CC1. The zero-order valence-corrected chi connectivity index (χ0v) is 16.5. The summed E-state index contributed by atoms with van der Waals surface area (Å²) in [6, 6.07) is 15.8. The zero-order valence-electron chi connectivity index (χ0n) is 15.8. The molecule has 1 fully saturated rings. The summed E-state index contributed by atoms with van der Waals surface area (Å²) in [4.78, 5) is 28.7. The highest BCUT2D eigenvalue weighted by Gasteiger charge is 2.34. The van der Waals surface area contributed by atoms with E-state index in [-0.39, 0.29) is 11.9 Å². The number of rotatable bonds is 6. The highest BCUT2D eigenvalue weighted by Crippen LogP contribution is 2.28. The first kappa shape index (κ1) is 20.3. The Kier molecular flexibility index (Phi) is 6.67. The van der Waals surface area contributed by atoms with Gasteiger partial charge in [-0.2, -0.15) is 0 Å². The van der Waals surface area contributed by atoms with Crippen molar-refractivity contribution in [3.8, 4) is 0 Å². The molecule has 0 bridgehead atoms. The van der Waals surface area contributed by atoms with Crippen LogP contribution in [0.2, 0.25) is 5.02 Å². The van der Waals surface area contributed by atoms with Crippen molar-refractivity contribution in [1.82, 2.24) is 9.80 Å². The first-order chi connectivity index (χ1) is 13.5. The average Bonchev–Trinajstić information content (AvgIpc) is 2.71. The molecule has 1 amide bonds. The monoisotopic (exact) mass is 401 g/mol. The Labute approximate surface area is 169 Å². The van der Waals surface area contributed by atoms with E-state index in [1.165, 1.54) is 7.11 Å². The fraction of sp³-hybridized carbons (Fsp3) is 0.333. The van der Waals surface area contributed by atoms with Crippen LogP contribution >= 0.6 is 11.6 Å². The molecule has 1 aliphatic heterocycles. The zero-order chi connectivity index (χ0) is 20.1. The lowest BCUT2D eigenvalue weighted by Gasteiger charge is -2.40. The minimum atomic E-state index is -0.506. The summed E-state index contributed by atoms with van der Waals surface area (Å²) in [5.74, 6) is -0.688. The molecule has 0 spiro atoms. The topological polar surface area (TPSA) is 75.9 Å². The second-order valence-electron chi connectivity index (χ2n) is 6.76.